The lowest BCUT2D eigenvalue weighted by Crippen LogP contribution is -2.35. The largest absolute Gasteiger partial charge is 0.463 e. The Morgan fingerprint density at radius 1 is 0.765 bits per heavy atom. The molecule has 10 heteroatoms. The molecular weight excluding hydrogens is 448 g/mol. The van der Waals surface area contributed by atoms with Crippen molar-refractivity contribution in [3.05, 3.63) is 12.2 Å². The van der Waals surface area contributed by atoms with E-state index in [1.807, 2.05) is 20.8 Å². The van der Waals surface area contributed by atoms with Gasteiger partial charge in [-0.2, -0.15) is 0 Å². The number of esters is 2. The fourth-order valence-corrected chi connectivity index (χ4v) is 2.45. The zero-order valence-electron chi connectivity index (χ0n) is 21.4. The fraction of sp³-hybridized carbons (Fsp3) is 0.833. The quantitative estimate of drug-likeness (QED) is 0.129. The predicted octanol–water partition coefficient (Wildman–Crippen LogP) is 1.49. The van der Waals surface area contributed by atoms with Gasteiger partial charge < -0.3 is 39.0 Å². The third kappa shape index (κ3) is 17.9. The van der Waals surface area contributed by atoms with Crippen LogP contribution in [0.25, 0.3) is 0 Å². The highest BCUT2D eigenvalue weighted by molar-refractivity contribution is 5.86. The van der Waals surface area contributed by atoms with Gasteiger partial charge >= 0.3 is 11.9 Å². The number of aliphatic hydroxyl groups excluding tert-OH is 3. The van der Waals surface area contributed by atoms with Crippen LogP contribution in [0.1, 0.15) is 47.0 Å². The maximum atomic E-state index is 11.9. The normalized spacial score (nSPS) is 11.1. The Bertz CT molecular complexity index is 502. The molecule has 0 spiro atoms. The van der Waals surface area contributed by atoms with Crippen molar-refractivity contribution >= 4 is 11.9 Å². The number of rotatable bonds is 20. The third-order valence-electron chi connectivity index (χ3n) is 4.86. The van der Waals surface area contributed by atoms with Crippen molar-refractivity contribution in [3.63, 3.8) is 0 Å². The van der Waals surface area contributed by atoms with Crippen LogP contribution in [-0.4, -0.2) is 99.9 Å². The summed E-state index contributed by atoms with van der Waals surface area (Å²) in [5.74, 6) is -0.850. The van der Waals surface area contributed by atoms with Gasteiger partial charge in [0.25, 0.3) is 0 Å². The lowest BCUT2D eigenvalue weighted by atomic mass is 9.88. The first kappa shape index (κ1) is 34.6. The van der Waals surface area contributed by atoms with Crippen molar-refractivity contribution in [2.24, 2.45) is 11.3 Å². The van der Waals surface area contributed by atoms with Gasteiger partial charge in [-0.05, 0) is 47.0 Å². The van der Waals surface area contributed by atoms with E-state index in [1.165, 1.54) is 6.92 Å². The zero-order valence-corrected chi connectivity index (χ0v) is 21.4. The average molecular weight is 495 g/mol. The standard InChI is InChI=1S/C14H28O5.C10H18O5/c1-4-16-9-7-13(8-10-17-5-2)14(15)19-12-11-18-6-3;1-8(2)9(14)15-4-3-10(5-11,6-12)7-13/h13H,4-12H2,1-3H3;11-13H,1,3-7H2,2H3. The van der Waals surface area contributed by atoms with E-state index in [1.54, 1.807) is 0 Å². The topological polar surface area (TPSA) is 141 Å². The SMILES string of the molecule is C=C(C)C(=O)OCCC(CO)(CO)CO.CCOCCOC(=O)C(CCOCC)CCOCC. The molecule has 10 nitrogen and oxygen atoms in total. The lowest BCUT2D eigenvalue weighted by Gasteiger charge is -2.26. The van der Waals surface area contributed by atoms with E-state index in [2.05, 4.69) is 6.58 Å². The van der Waals surface area contributed by atoms with Gasteiger partial charge in [0.1, 0.15) is 6.61 Å². The Kier molecular flexibility index (Phi) is 23.6. The van der Waals surface area contributed by atoms with E-state index in [0.29, 0.717) is 59.1 Å². The van der Waals surface area contributed by atoms with E-state index in [-0.39, 0.29) is 50.3 Å². The molecule has 0 aromatic heterocycles. The van der Waals surface area contributed by atoms with Gasteiger partial charge in [-0.3, -0.25) is 4.79 Å². The van der Waals surface area contributed by atoms with Gasteiger partial charge in [-0.25, -0.2) is 4.79 Å². The number of carbonyl (C=O) groups excluding carboxylic acids is 2. The van der Waals surface area contributed by atoms with Crippen LogP contribution in [0.3, 0.4) is 0 Å². The molecule has 0 aromatic carbocycles. The molecule has 0 unspecified atom stereocenters. The molecule has 0 heterocycles. The summed E-state index contributed by atoms with van der Waals surface area (Å²) >= 11 is 0. The molecule has 0 fully saturated rings. The molecule has 0 saturated carbocycles. The van der Waals surface area contributed by atoms with Crippen molar-refractivity contribution in [2.75, 3.05) is 72.7 Å². The summed E-state index contributed by atoms with van der Waals surface area (Å²) in [5.41, 5.74) is -0.701. The summed E-state index contributed by atoms with van der Waals surface area (Å²) in [6.07, 6.45) is 1.55. The first-order valence-electron chi connectivity index (χ1n) is 11.8. The Hall–Kier alpha value is -1.56. The Balaban J connectivity index is 0. The Morgan fingerprint density at radius 3 is 1.65 bits per heavy atom. The molecule has 0 radical (unpaired) electrons. The maximum Gasteiger partial charge on any atom is 0.333 e. The number of carbonyl (C=O) groups is 2. The van der Waals surface area contributed by atoms with Crippen molar-refractivity contribution < 1.29 is 48.6 Å². The molecule has 0 atom stereocenters. The highest BCUT2D eigenvalue weighted by Crippen LogP contribution is 2.19. The molecule has 3 N–H and O–H groups in total. The smallest absolute Gasteiger partial charge is 0.333 e. The van der Waals surface area contributed by atoms with Crippen LogP contribution < -0.4 is 0 Å². The van der Waals surface area contributed by atoms with Crippen LogP contribution in [0.5, 0.6) is 0 Å². The Labute approximate surface area is 204 Å². The van der Waals surface area contributed by atoms with E-state index >= 15 is 0 Å². The molecular formula is C24H46O10. The molecule has 0 aliphatic heterocycles. The Morgan fingerprint density at radius 2 is 1.24 bits per heavy atom. The van der Waals surface area contributed by atoms with E-state index in [0.717, 1.165) is 0 Å². The highest BCUT2D eigenvalue weighted by Gasteiger charge is 2.28. The minimum Gasteiger partial charge on any atom is -0.463 e. The predicted molar refractivity (Wildman–Crippen MR) is 127 cm³/mol. The summed E-state index contributed by atoms with van der Waals surface area (Å²) in [6, 6.07) is 0. The van der Waals surface area contributed by atoms with E-state index < -0.39 is 11.4 Å². The van der Waals surface area contributed by atoms with E-state index in [4.69, 9.17) is 39.0 Å². The summed E-state index contributed by atoms with van der Waals surface area (Å²) < 4.78 is 25.7. The van der Waals surface area contributed by atoms with E-state index in [9.17, 15) is 9.59 Å². The fourth-order valence-electron chi connectivity index (χ4n) is 2.45. The lowest BCUT2D eigenvalue weighted by molar-refractivity contribution is -0.151. The summed E-state index contributed by atoms with van der Waals surface area (Å²) in [5, 5.41) is 26.9. The van der Waals surface area contributed by atoms with Crippen LogP contribution in [0.15, 0.2) is 12.2 Å². The molecule has 0 saturated heterocycles. The second-order valence-electron chi connectivity index (χ2n) is 7.67. The summed E-state index contributed by atoms with van der Waals surface area (Å²) in [6.45, 7) is 13.6. The number of hydrogen-bond donors (Lipinski definition) is 3. The van der Waals surface area contributed by atoms with Gasteiger partial charge in [0, 0.05) is 44.0 Å². The maximum absolute atomic E-state index is 11.9. The highest BCUT2D eigenvalue weighted by atomic mass is 16.6. The van der Waals surface area contributed by atoms with Gasteiger partial charge in [-0.15, -0.1) is 0 Å². The molecule has 0 aliphatic carbocycles. The minimum atomic E-state index is -0.991. The second kappa shape index (κ2) is 23.2. The monoisotopic (exact) mass is 494 g/mol. The van der Waals surface area contributed by atoms with Crippen molar-refractivity contribution in [2.45, 2.75) is 47.0 Å². The van der Waals surface area contributed by atoms with Crippen molar-refractivity contribution in [1.82, 2.24) is 0 Å². The molecule has 34 heavy (non-hydrogen) atoms. The number of aliphatic hydroxyl groups is 3. The summed E-state index contributed by atoms with van der Waals surface area (Å²) in [4.78, 5) is 22.9. The van der Waals surface area contributed by atoms with Gasteiger partial charge in [0.2, 0.25) is 0 Å². The molecule has 0 rings (SSSR count). The molecule has 0 aromatic rings. The number of ether oxygens (including phenoxy) is 5. The van der Waals surface area contributed by atoms with Crippen LogP contribution in [-0.2, 0) is 33.3 Å². The average Bonchev–Trinajstić information content (AvgIpc) is 2.84. The van der Waals surface area contributed by atoms with Gasteiger partial charge in [-0.1, -0.05) is 6.58 Å². The summed E-state index contributed by atoms with van der Waals surface area (Å²) in [7, 11) is 0. The van der Waals surface area contributed by atoms with Crippen LogP contribution in [0.2, 0.25) is 0 Å². The molecule has 0 amide bonds. The second-order valence-corrected chi connectivity index (χ2v) is 7.67. The molecule has 202 valence electrons. The van der Waals surface area contributed by atoms with Crippen molar-refractivity contribution in [3.8, 4) is 0 Å². The number of hydrogen-bond acceptors (Lipinski definition) is 10. The minimum absolute atomic E-state index is 0.0351. The first-order chi connectivity index (χ1) is 16.3. The van der Waals surface area contributed by atoms with Crippen molar-refractivity contribution in [1.29, 1.82) is 0 Å². The molecule has 0 bridgehead atoms. The van der Waals surface area contributed by atoms with Gasteiger partial charge in [0.05, 0.1) is 39.0 Å². The third-order valence-corrected chi connectivity index (χ3v) is 4.86. The zero-order chi connectivity index (χ0) is 26.2. The van der Waals surface area contributed by atoms with Gasteiger partial charge in [0.15, 0.2) is 0 Å². The van der Waals surface area contributed by atoms with Crippen LogP contribution >= 0.6 is 0 Å². The first-order valence-corrected chi connectivity index (χ1v) is 11.8. The molecule has 0 aliphatic rings. The van der Waals surface area contributed by atoms with Crippen LogP contribution in [0.4, 0.5) is 0 Å². The van der Waals surface area contributed by atoms with Crippen LogP contribution in [0, 0.1) is 11.3 Å².